The molecule has 6 heteroatoms. The molecule has 1 unspecified atom stereocenters. The second-order valence-electron chi connectivity index (χ2n) is 4.48. The van der Waals surface area contributed by atoms with Gasteiger partial charge in [0.05, 0.1) is 0 Å². The Labute approximate surface area is 112 Å². The highest BCUT2D eigenvalue weighted by Crippen LogP contribution is 2.37. The van der Waals surface area contributed by atoms with Gasteiger partial charge in [0.2, 0.25) is 0 Å². The molecule has 17 heavy (non-hydrogen) atoms. The minimum atomic E-state index is -0.191. The van der Waals surface area contributed by atoms with Gasteiger partial charge in [-0.15, -0.1) is 11.3 Å². The molecule has 1 aromatic rings. The normalized spacial score (nSPS) is 24.3. The van der Waals surface area contributed by atoms with E-state index in [-0.39, 0.29) is 12.1 Å². The smallest absolute Gasteiger partial charge is 0.346 e. The fourth-order valence-electron chi connectivity index (χ4n) is 2.04. The van der Waals surface area contributed by atoms with Crippen molar-refractivity contribution in [2.45, 2.75) is 18.9 Å². The highest BCUT2D eigenvalue weighted by molar-refractivity contribution is 9.10. The number of amides is 2. The summed E-state index contributed by atoms with van der Waals surface area (Å²) in [5.41, 5.74) is 5.88. The lowest BCUT2D eigenvalue weighted by molar-refractivity contribution is 0.204. The predicted octanol–water partition coefficient (Wildman–Crippen LogP) is 2.75. The van der Waals surface area contributed by atoms with Crippen LogP contribution in [0.15, 0.2) is 20.9 Å². The molecule has 0 spiro atoms. The lowest BCUT2D eigenvalue weighted by Gasteiger charge is -2.23. The van der Waals surface area contributed by atoms with E-state index in [9.17, 15) is 4.79 Å². The first-order valence-electron chi connectivity index (χ1n) is 5.53. The number of thiophene rings is 1. The number of urea groups is 1. The summed E-state index contributed by atoms with van der Waals surface area (Å²) in [4.78, 5) is 18.6. The summed E-state index contributed by atoms with van der Waals surface area (Å²) in [5.74, 6) is 1.07. The van der Waals surface area contributed by atoms with Crippen LogP contribution in [0.2, 0.25) is 0 Å². The minimum absolute atomic E-state index is 0.153. The molecule has 1 fully saturated rings. The maximum absolute atomic E-state index is 11.8. The van der Waals surface area contributed by atoms with Crippen LogP contribution in [-0.2, 0) is 0 Å². The molecule has 2 aliphatic rings. The van der Waals surface area contributed by atoms with Gasteiger partial charge < -0.3 is 10.6 Å². The minimum Gasteiger partial charge on any atom is -0.385 e. The van der Waals surface area contributed by atoms with Gasteiger partial charge in [0.1, 0.15) is 11.9 Å². The van der Waals surface area contributed by atoms with E-state index in [2.05, 4.69) is 20.9 Å². The van der Waals surface area contributed by atoms with Crippen LogP contribution < -0.4 is 5.73 Å². The molecular formula is C11H12BrN3OS. The lowest BCUT2D eigenvalue weighted by Crippen LogP contribution is -2.34. The summed E-state index contributed by atoms with van der Waals surface area (Å²) in [6, 6.07) is 1.67. The second-order valence-corrected chi connectivity index (χ2v) is 6.34. The summed E-state index contributed by atoms with van der Waals surface area (Å²) < 4.78 is 1.02. The Morgan fingerprint density at radius 2 is 2.35 bits per heavy atom. The van der Waals surface area contributed by atoms with Crippen molar-refractivity contribution in [3.63, 3.8) is 0 Å². The molecule has 0 saturated heterocycles. The van der Waals surface area contributed by atoms with E-state index < -0.39 is 0 Å². The fraction of sp³-hybridized carbons (Fsp3) is 0.455. The first-order chi connectivity index (χ1) is 8.15. The Morgan fingerprint density at radius 3 is 2.94 bits per heavy atom. The van der Waals surface area contributed by atoms with Crippen LogP contribution in [0, 0.1) is 5.92 Å². The van der Waals surface area contributed by atoms with Crippen molar-refractivity contribution in [1.29, 1.82) is 0 Å². The van der Waals surface area contributed by atoms with Gasteiger partial charge in [-0.05, 0) is 40.8 Å². The van der Waals surface area contributed by atoms with Crippen molar-refractivity contribution in [2.24, 2.45) is 16.6 Å². The topological polar surface area (TPSA) is 58.7 Å². The van der Waals surface area contributed by atoms with Gasteiger partial charge in [-0.1, -0.05) is 0 Å². The van der Waals surface area contributed by atoms with E-state index in [1.807, 2.05) is 11.4 Å². The molecule has 4 nitrogen and oxygen atoms in total. The van der Waals surface area contributed by atoms with Crippen LogP contribution in [0.3, 0.4) is 0 Å². The Kier molecular flexibility index (Phi) is 2.71. The van der Waals surface area contributed by atoms with Gasteiger partial charge in [-0.2, -0.15) is 4.99 Å². The lowest BCUT2D eigenvalue weighted by atomic mass is 10.2. The number of hydrogen-bond donors (Lipinski definition) is 1. The van der Waals surface area contributed by atoms with E-state index >= 15 is 0 Å². The number of hydrogen-bond acceptors (Lipinski definition) is 3. The van der Waals surface area contributed by atoms with Crippen LogP contribution in [0.5, 0.6) is 0 Å². The van der Waals surface area contributed by atoms with Crippen LogP contribution >= 0.6 is 27.3 Å². The molecule has 1 aromatic heterocycles. The zero-order valence-electron chi connectivity index (χ0n) is 9.10. The number of halogens is 1. The third-order valence-corrected chi connectivity index (χ3v) is 4.82. The summed E-state index contributed by atoms with van der Waals surface area (Å²) in [5, 5.41) is 2.00. The summed E-state index contributed by atoms with van der Waals surface area (Å²) in [6.07, 6.45) is 2.43. The quantitative estimate of drug-likeness (QED) is 0.932. The van der Waals surface area contributed by atoms with Crippen molar-refractivity contribution in [2.75, 3.05) is 6.54 Å². The van der Waals surface area contributed by atoms with Gasteiger partial charge in [-0.25, -0.2) is 4.79 Å². The van der Waals surface area contributed by atoms with Crippen molar-refractivity contribution >= 4 is 39.1 Å². The Balaban J connectivity index is 1.88. The van der Waals surface area contributed by atoms with Gasteiger partial charge in [0.25, 0.3) is 0 Å². The molecule has 90 valence electrons. The SMILES string of the molecule is NC1=NC(=O)N(CC2CC2)C1c1cc(Br)cs1. The number of carbonyl (C=O) groups is 1. The van der Waals surface area contributed by atoms with E-state index in [4.69, 9.17) is 5.73 Å². The van der Waals surface area contributed by atoms with Gasteiger partial charge >= 0.3 is 6.03 Å². The number of carbonyl (C=O) groups excluding carboxylic acids is 1. The third-order valence-electron chi connectivity index (χ3n) is 3.07. The van der Waals surface area contributed by atoms with Crippen LogP contribution in [0.25, 0.3) is 0 Å². The van der Waals surface area contributed by atoms with E-state index in [1.54, 1.807) is 16.2 Å². The molecule has 1 saturated carbocycles. The molecule has 0 radical (unpaired) electrons. The summed E-state index contributed by atoms with van der Waals surface area (Å²) >= 11 is 5.03. The highest BCUT2D eigenvalue weighted by atomic mass is 79.9. The van der Waals surface area contributed by atoms with E-state index in [1.165, 1.54) is 12.8 Å². The Bertz CT molecular complexity index is 495. The maximum Gasteiger partial charge on any atom is 0.346 e. The Hall–Kier alpha value is -0.880. The molecule has 1 atom stereocenters. The average molecular weight is 314 g/mol. The molecule has 2 amide bonds. The van der Waals surface area contributed by atoms with Crippen molar-refractivity contribution in [3.05, 3.63) is 20.8 Å². The number of nitrogens with two attached hydrogens (primary N) is 1. The van der Waals surface area contributed by atoms with Crippen LogP contribution in [-0.4, -0.2) is 23.3 Å². The fourth-order valence-corrected chi connectivity index (χ4v) is 3.61. The summed E-state index contributed by atoms with van der Waals surface area (Å²) in [6.45, 7) is 0.781. The Morgan fingerprint density at radius 1 is 1.59 bits per heavy atom. The largest absolute Gasteiger partial charge is 0.385 e. The second kappa shape index (κ2) is 4.10. The van der Waals surface area contributed by atoms with E-state index in [0.717, 1.165) is 15.9 Å². The van der Waals surface area contributed by atoms with E-state index in [0.29, 0.717) is 11.8 Å². The molecule has 1 aliphatic heterocycles. The first-order valence-corrected chi connectivity index (χ1v) is 7.21. The van der Waals surface area contributed by atoms with Crippen molar-refractivity contribution in [1.82, 2.24) is 4.90 Å². The number of amidine groups is 1. The standard InChI is InChI=1S/C11H12BrN3OS/c12-7-3-8(17-5-7)9-10(13)14-11(16)15(9)4-6-1-2-6/h3,5-6,9H,1-2,4H2,(H2,13,14,16). The number of aliphatic imine (C=N–C) groups is 1. The van der Waals surface area contributed by atoms with Gasteiger partial charge in [0.15, 0.2) is 0 Å². The number of rotatable bonds is 3. The summed E-state index contributed by atoms with van der Waals surface area (Å²) in [7, 11) is 0. The molecule has 2 N–H and O–H groups in total. The third kappa shape index (κ3) is 2.11. The van der Waals surface area contributed by atoms with Gasteiger partial charge in [0, 0.05) is 21.3 Å². The molecule has 0 aromatic carbocycles. The first kappa shape index (κ1) is 11.2. The monoisotopic (exact) mass is 313 g/mol. The highest BCUT2D eigenvalue weighted by Gasteiger charge is 2.38. The maximum atomic E-state index is 11.8. The average Bonchev–Trinajstić information content (AvgIpc) is 2.92. The molecular weight excluding hydrogens is 302 g/mol. The predicted molar refractivity (Wildman–Crippen MR) is 71.2 cm³/mol. The van der Waals surface area contributed by atoms with Crippen LogP contribution in [0.1, 0.15) is 23.8 Å². The molecule has 0 bridgehead atoms. The molecule has 2 heterocycles. The van der Waals surface area contributed by atoms with Crippen molar-refractivity contribution in [3.8, 4) is 0 Å². The van der Waals surface area contributed by atoms with Gasteiger partial charge in [-0.3, -0.25) is 0 Å². The zero-order chi connectivity index (χ0) is 12.0. The molecule has 1 aliphatic carbocycles. The van der Waals surface area contributed by atoms with Crippen LogP contribution in [0.4, 0.5) is 4.79 Å². The zero-order valence-corrected chi connectivity index (χ0v) is 11.5. The number of nitrogens with zero attached hydrogens (tertiary/aromatic N) is 2. The molecule has 3 rings (SSSR count). The van der Waals surface area contributed by atoms with Crippen molar-refractivity contribution < 1.29 is 4.79 Å².